The second-order valence-electron chi connectivity index (χ2n) is 9.86. The highest BCUT2D eigenvalue weighted by Gasteiger charge is 2.46. The lowest BCUT2D eigenvalue weighted by Gasteiger charge is -2.24. The summed E-state index contributed by atoms with van der Waals surface area (Å²) in [5.74, 6) is -0.145. The Labute approximate surface area is 250 Å². The molecular weight excluding hydrogens is 564 g/mol. The molecular formula is C34H24N2O6S. The van der Waals surface area contributed by atoms with Gasteiger partial charge >= 0.3 is 0 Å². The van der Waals surface area contributed by atoms with E-state index in [0.717, 1.165) is 10.1 Å². The topological polar surface area (TPSA) is 102 Å². The van der Waals surface area contributed by atoms with Gasteiger partial charge in [0.05, 0.1) is 28.4 Å². The summed E-state index contributed by atoms with van der Waals surface area (Å²) in [4.78, 5) is 33.9. The quantitative estimate of drug-likeness (QED) is 0.180. The molecule has 0 spiro atoms. The number of para-hydroxylation sites is 2. The van der Waals surface area contributed by atoms with Crippen LogP contribution in [0.3, 0.4) is 0 Å². The highest BCUT2D eigenvalue weighted by atomic mass is 32.1. The number of ketones is 1. The molecule has 1 aliphatic heterocycles. The number of anilines is 1. The van der Waals surface area contributed by atoms with Crippen molar-refractivity contribution in [2.75, 3.05) is 11.5 Å². The third kappa shape index (κ3) is 4.79. The molecule has 0 saturated carbocycles. The first kappa shape index (κ1) is 26.5. The summed E-state index contributed by atoms with van der Waals surface area (Å²) in [6.07, 6.45) is 0. The van der Waals surface area contributed by atoms with E-state index in [1.165, 1.54) is 16.2 Å². The molecule has 1 atom stereocenters. The number of aromatic nitrogens is 1. The van der Waals surface area contributed by atoms with Crippen molar-refractivity contribution in [3.8, 4) is 17.2 Å². The Kier molecular flexibility index (Phi) is 6.64. The van der Waals surface area contributed by atoms with Crippen molar-refractivity contribution in [2.45, 2.75) is 13.0 Å². The minimum Gasteiger partial charge on any atom is -0.503 e. The van der Waals surface area contributed by atoms with Crippen molar-refractivity contribution in [1.29, 1.82) is 0 Å². The van der Waals surface area contributed by atoms with Crippen LogP contribution in [0.1, 0.15) is 29.1 Å². The maximum Gasteiger partial charge on any atom is 0.296 e. The van der Waals surface area contributed by atoms with E-state index in [0.29, 0.717) is 45.7 Å². The average molecular weight is 589 g/mol. The average Bonchev–Trinajstić information content (AvgIpc) is 3.71. The van der Waals surface area contributed by atoms with Gasteiger partial charge in [0, 0.05) is 5.39 Å². The van der Waals surface area contributed by atoms with Crippen molar-refractivity contribution >= 4 is 49.3 Å². The Morgan fingerprint density at radius 3 is 2.53 bits per heavy atom. The predicted octanol–water partition coefficient (Wildman–Crippen LogP) is 8.02. The lowest BCUT2D eigenvalue weighted by molar-refractivity contribution is -0.117. The van der Waals surface area contributed by atoms with Crippen molar-refractivity contribution in [3.63, 3.8) is 0 Å². The number of benzene rings is 4. The molecule has 0 fully saturated rings. The normalized spacial score (nSPS) is 15.0. The minimum atomic E-state index is -1.00. The second-order valence-corrected chi connectivity index (χ2v) is 10.9. The number of aliphatic hydroxyl groups excluding tert-OH is 1. The number of aliphatic hydroxyl groups is 1. The van der Waals surface area contributed by atoms with Crippen LogP contribution in [0.25, 0.3) is 21.2 Å². The van der Waals surface area contributed by atoms with Crippen molar-refractivity contribution in [2.24, 2.45) is 0 Å². The summed E-state index contributed by atoms with van der Waals surface area (Å²) in [7, 11) is 0. The molecule has 1 N–H and O–H groups in total. The van der Waals surface area contributed by atoms with Gasteiger partial charge in [0.2, 0.25) is 5.78 Å². The molecule has 0 radical (unpaired) electrons. The van der Waals surface area contributed by atoms with Crippen LogP contribution in [0.2, 0.25) is 0 Å². The summed E-state index contributed by atoms with van der Waals surface area (Å²) in [5.41, 5.74) is 1.64. The summed E-state index contributed by atoms with van der Waals surface area (Å²) in [6.45, 7) is 2.41. The van der Waals surface area contributed by atoms with Gasteiger partial charge in [-0.15, -0.1) is 0 Å². The molecule has 0 saturated heterocycles. The number of hydrogen-bond donors (Lipinski definition) is 1. The maximum absolute atomic E-state index is 14.0. The number of fused-ring (bicyclic) bond motifs is 2. The monoisotopic (exact) mass is 588 g/mol. The highest BCUT2D eigenvalue weighted by molar-refractivity contribution is 7.22. The zero-order valence-electron chi connectivity index (χ0n) is 22.9. The number of rotatable bonds is 8. The third-order valence-electron chi connectivity index (χ3n) is 7.12. The fourth-order valence-corrected chi connectivity index (χ4v) is 6.22. The van der Waals surface area contributed by atoms with E-state index in [1.54, 1.807) is 36.4 Å². The molecule has 3 heterocycles. The molecule has 6 aromatic rings. The van der Waals surface area contributed by atoms with E-state index >= 15 is 0 Å². The van der Waals surface area contributed by atoms with Gasteiger partial charge < -0.3 is 19.0 Å². The molecule has 1 amide bonds. The number of amides is 1. The summed E-state index contributed by atoms with van der Waals surface area (Å²) in [6, 6.07) is 29.7. The maximum atomic E-state index is 14.0. The van der Waals surface area contributed by atoms with Gasteiger partial charge in [0.15, 0.2) is 16.7 Å². The summed E-state index contributed by atoms with van der Waals surface area (Å²) < 4.78 is 18.4. The van der Waals surface area contributed by atoms with E-state index in [-0.39, 0.29) is 11.3 Å². The van der Waals surface area contributed by atoms with Crippen LogP contribution in [-0.2, 0) is 4.79 Å². The van der Waals surface area contributed by atoms with E-state index in [9.17, 15) is 14.7 Å². The summed E-state index contributed by atoms with van der Waals surface area (Å²) >= 11 is 1.27. The molecule has 7 rings (SSSR count). The molecule has 8 nitrogen and oxygen atoms in total. The molecule has 0 aliphatic carbocycles. The molecule has 4 aromatic carbocycles. The summed E-state index contributed by atoms with van der Waals surface area (Å²) in [5, 5.41) is 12.3. The number of thiazole rings is 1. The predicted molar refractivity (Wildman–Crippen MR) is 164 cm³/mol. The molecule has 0 unspecified atom stereocenters. The van der Waals surface area contributed by atoms with Crippen LogP contribution in [0.5, 0.6) is 17.2 Å². The SMILES string of the molecule is CCOc1ccc2nc(N3C(=O)C(O)=C(C(=O)c4cc5ccccc5o4)[C@@H]3c3cccc(Oc4ccccc4)c3)sc2c1. The van der Waals surface area contributed by atoms with Crippen LogP contribution >= 0.6 is 11.3 Å². The van der Waals surface area contributed by atoms with Crippen molar-refractivity contribution < 1.29 is 28.6 Å². The lowest BCUT2D eigenvalue weighted by atomic mass is 9.95. The number of Topliss-reactive ketones (excluding diaryl/α,β-unsaturated/α-hetero) is 1. The highest BCUT2D eigenvalue weighted by Crippen LogP contribution is 2.45. The zero-order chi connectivity index (χ0) is 29.5. The molecule has 43 heavy (non-hydrogen) atoms. The van der Waals surface area contributed by atoms with Gasteiger partial charge in [-0.25, -0.2) is 4.98 Å². The van der Waals surface area contributed by atoms with Crippen molar-refractivity contribution in [3.05, 3.63) is 126 Å². The van der Waals surface area contributed by atoms with Gasteiger partial charge in [-0.05, 0) is 67.1 Å². The van der Waals surface area contributed by atoms with Gasteiger partial charge in [-0.1, -0.05) is 59.9 Å². The van der Waals surface area contributed by atoms with E-state index < -0.39 is 23.5 Å². The zero-order valence-corrected chi connectivity index (χ0v) is 23.7. The molecule has 9 heteroatoms. The van der Waals surface area contributed by atoms with E-state index in [2.05, 4.69) is 0 Å². The van der Waals surface area contributed by atoms with Crippen LogP contribution in [-0.4, -0.2) is 28.4 Å². The van der Waals surface area contributed by atoms with Gasteiger partial charge in [-0.2, -0.15) is 0 Å². The number of carbonyl (C=O) groups is 2. The van der Waals surface area contributed by atoms with Gasteiger partial charge in [0.1, 0.15) is 22.8 Å². The number of ether oxygens (including phenoxy) is 2. The molecule has 212 valence electrons. The van der Waals surface area contributed by atoms with Crippen LogP contribution in [0.15, 0.2) is 119 Å². The van der Waals surface area contributed by atoms with E-state index in [1.807, 2.05) is 73.7 Å². The Bertz CT molecular complexity index is 2010. The van der Waals surface area contributed by atoms with Gasteiger partial charge in [-0.3, -0.25) is 14.5 Å². The first-order chi connectivity index (χ1) is 21.0. The van der Waals surface area contributed by atoms with Gasteiger partial charge in [0.25, 0.3) is 5.91 Å². The standard InChI is InChI=1S/C34H24N2O6S/c1-2-40-23-15-16-25-28(19-23)43-34(35-25)36-30(21-10-8-13-24(17-21)41-22-11-4-3-5-12-22)29(32(38)33(36)39)31(37)27-18-20-9-6-7-14-26(20)42-27/h3-19,30,38H,2H2,1H3/t30-/m0/s1. The minimum absolute atomic E-state index is 0.0183. The smallest absolute Gasteiger partial charge is 0.296 e. The van der Waals surface area contributed by atoms with E-state index in [4.69, 9.17) is 18.9 Å². The first-order valence-corrected chi connectivity index (χ1v) is 14.5. The Balaban J connectivity index is 1.35. The van der Waals surface area contributed by atoms with Crippen molar-refractivity contribution in [1.82, 2.24) is 4.98 Å². The fraction of sp³-hybridized carbons (Fsp3) is 0.0882. The largest absolute Gasteiger partial charge is 0.503 e. The number of carbonyl (C=O) groups excluding carboxylic acids is 2. The van der Waals surface area contributed by atoms with Crippen LogP contribution in [0, 0.1) is 0 Å². The lowest BCUT2D eigenvalue weighted by Crippen LogP contribution is -2.31. The first-order valence-electron chi connectivity index (χ1n) is 13.7. The van der Waals surface area contributed by atoms with Crippen LogP contribution < -0.4 is 14.4 Å². The Morgan fingerprint density at radius 2 is 1.72 bits per heavy atom. The Hall–Kier alpha value is -5.41. The molecule has 0 bridgehead atoms. The molecule has 1 aliphatic rings. The number of hydrogen-bond acceptors (Lipinski definition) is 8. The third-order valence-corrected chi connectivity index (χ3v) is 8.14. The Morgan fingerprint density at radius 1 is 0.930 bits per heavy atom. The fourth-order valence-electron chi connectivity index (χ4n) is 5.20. The molecule has 2 aromatic heterocycles. The second kappa shape index (κ2) is 10.8. The number of nitrogens with zero attached hydrogens (tertiary/aromatic N) is 2. The van der Waals surface area contributed by atoms with Crippen LogP contribution in [0.4, 0.5) is 5.13 Å². The number of furan rings is 1.